The summed E-state index contributed by atoms with van der Waals surface area (Å²) in [6.07, 6.45) is 1.01. The van der Waals surface area contributed by atoms with Crippen LogP contribution in [0.25, 0.3) is 0 Å². The van der Waals surface area contributed by atoms with E-state index in [2.05, 4.69) is 21.2 Å². The van der Waals surface area contributed by atoms with Crippen LogP contribution in [-0.4, -0.2) is 57.1 Å². The summed E-state index contributed by atoms with van der Waals surface area (Å²) in [6.45, 7) is 4.87. The SMILES string of the molecule is COc1ccc(N(CC(=O)N(Cc2cccc(Br)c2)[C@H](C)C(=O)NC(C)C)S(C)(=O)=O)cc1Cl. The number of amides is 2. The molecule has 2 aromatic rings. The molecule has 0 heterocycles. The number of rotatable bonds is 10. The first kappa shape index (κ1) is 27.9. The molecule has 0 aliphatic carbocycles. The molecule has 186 valence electrons. The highest BCUT2D eigenvalue weighted by Gasteiger charge is 2.30. The Labute approximate surface area is 214 Å². The molecule has 0 radical (unpaired) electrons. The van der Waals surface area contributed by atoms with E-state index in [9.17, 15) is 18.0 Å². The summed E-state index contributed by atoms with van der Waals surface area (Å²) in [7, 11) is -2.40. The van der Waals surface area contributed by atoms with E-state index in [4.69, 9.17) is 16.3 Å². The number of carbonyl (C=O) groups excluding carboxylic acids is 2. The van der Waals surface area contributed by atoms with Gasteiger partial charge in [-0.15, -0.1) is 0 Å². The van der Waals surface area contributed by atoms with Crippen LogP contribution in [0.2, 0.25) is 5.02 Å². The van der Waals surface area contributed by atoms with Crippen molar-refractivity contribution in [2.45, 2.75) is 39.4 Å². The van der Waals surface area contributed by atoms with Gasteiger partial charge in [0.05, 0.1) is 24.1 Å². The predicted octanol–water partition coefficient (Wildman–Crippen LogP) is 3.82. The molecule has 0 aliphatic rings. The second-order valence-corrected chi connectivity index (χ2v) is 11.3. The summed E-state index contributed by atoms with van der Waals surface area (Å²) < 4.78 is 32.1. The average molecular weight is 575 g/mol. The average Bonchev–Trinajstić information content (AvgIpc) is 2.74. The van der Waals surface area contributed by atoms with E-state index in [0.29, 0.717) is 5.75 Å². The lowest BCUT2D eigenvalue weighted by Gasteiger charge is -2.32. The topological polar surface area (TPSA) is 96.0 Å². The first-order valence-corrected chi connectivity index (χ1v) is 13.5. The number of anilines is 1. The number of halogens is 2. The smallest absolute Gasteiger partial charge is 0.244 e. The summed E-state index contributed by atoms with van der Waals surface area (Å²) >= 11 is 9.60. The van der Waals surface area contributed by atoms with Crippen LogP contribution in [0.5, 0.6) is 5.75 Å². The first-order valence-electron chi connectivity index (χ1n) is 10.5. The quantitative estimate of drug-likeness (QED) is 0.466. The number of methoxy groups -OCH3 is 1. The molecular weight excluding hydrogens is 546 g/mol. The van der Waals surface area contributed by atoms with Gasteiger partial charge < -0.3 is 15.0 Å². The lowest BCUT2D eigenvalue weighted by Crippen LogP contribution is -2.52. The highest BCUT2D eigenvalue weighted by Crippen LogP contribution is 2.30. The predicted molar refractivity (Wildman–Crippen MR) is 138 cm³/mol. The van der Waals surface area contributed by atoms with Crippen molar-refractivity contribution < 1.29 is 22.7 Å². The molecule has 0 saturated carbocycles. The molecule has 1 atom stereocenters. The van der Waals surface area contributed by atoms with Crippen molar-refractivity contribution in [2.75, 3.05) is 24.2 Å². The molecule has 2 rings (SSSR count). The number of carbonyl (C=O) groups is 2. The fraction of sp³-hybridized carbons (Fsp3) is 0.391. The Balaban J connectivity index is 2.42. The zero-order chi connectivity index (χ0) is 25.6. The lowest BCUT2D eigenvalue weighted by molar-refractivity contribution is -0.139. The largest absolute Gasteiger partial charge is 0.495 e. The fourth-order valence-electron chi connectivity index (χ4n) is 3.24. The van der Waals surface area contributed by atoms with Gasteiger partial charge in [0.15, 0.2) is 0 Å². The Morgan fingerprint density at radius 2 is 1.82 bits per heavy atom. The molecule has 2 amide bonds. The van der Waals surface area contributed by atoms with Gasteiger partial charge in [0.1, 0.15) is 18.3 Å². The number of sulfonamides is 1. The Morgan fingerprint density at radius 3 is 2.35 bits per heavy atom. The number of benzene rings is 2. The molecule has 2 aromatic carbocycles. The summed E-state index contributed by atoms with van der Waals surface area (Å²) in [4.78, 5) is 27.6. The van der Waals surface area contributed by atoms with Crippen molar-refractivity contribution in [3.05, 3.63) is 57.5 Å². The van der Waals surface area contributed by atoms with E-state index < -0.39 is 28.5 Å². The molecule has 0 fully saturated rings. The third-order valence-corrected chi connectivity index (χ3v) is 6.87. The Hall–Kier alpha value is -2.30. The minimum Gasteiger partial charge on any atom is -0.495 e. The molecule has 0 aliphatic heterocycles. The molecule has 0 aromatic heterocycles. The van der Waals surface area contributed by atoms with Gasteiger partial charge in [-0.25, -0.2) is 8.42 Å². The highest BCUT2D eigenvalue weighted by molar-refractivity contribution is 9.10. The van der Waals surface area contributed by atoms with Crippen molar-refractivity contribution in [1.29, 1.82) is 0 Å². The number of nitrogens with one attached hydrogen (secondary N) is 1. The molecule has 8 nitrogen and oxygen atoms in total. The van der Waals surface area contributed by atoms with E-state index in [1.54, 1.807) is 6.92 Å². The Morgan fingerprint density at radius 1 is 1.15 bits per heavy atom. The number of ether oxygens (including phenoxy) is 1. The van der Waals surface area contributed by atoms with Crippen LogP contribution in [0.15, 0.2) is 46.9 Å². The Kier molecular flexibility index (Phi) is 9.78. The van der Waals surface area contributed by atoms with Crippen molar-refractivity contribution >= 4 is 55.1 Å². The standard InChI is InChI=1S/C23H29BrClN3O5S/c1-15(2)26-23(30)16(3)27(13-17-7-6-8-18(24)11-17)22(29)14-28(34(5,31)32)19-9-10-21(33-4)20(25)12-19/h6-12,15-16H,13-14H2,1-5H3,(H,26,30)/t16-/m1/s1. The summed E-state index contributed by atoms with van der Waals surface area (Å²) in [5.74, 6) is -0.499. The van der Waals surface area contributed by atoms with Gasteiger partial charge in [0.25, 0.3) is 0 Å². The van der Waals surface area contributed by atoms with E-state index in [-0.39, 0.29) is 29.2 Å². The number of hydrogen-bond acceptors (Lipinski definition) is 5. The van der Waals surface area contributed by atoms with Crippen LogP contribution in [0.1, 0.15) is 26.3 Å². The zero-order valence-corrected chi connectivity index (χ0v) is 22.9. The van der Waals surface area contributed by atoms with Crippen LogP contribution in [0, 0.1) is 0 Å². The minimum atomic E-state index is -3.85. The van der Waals surface area contributed by atoms with E-state index in [0.717, 1.165) is 20.6 Å². The normalized spacial score (nSPS) is 12.2. The lowest BCUT2D eigenvalue weighted by atomic mass is 10.1. The van der Waals surface area contributed by atoms with Crippen LogP contribution >= 0.6 is 27.5 Å². The van der Waals surface area contributed by atoms with E-state index >= 15 is 0 Å². The van der Waals surface area contributed by atoms with Gasteiger partial charge in [0.2, 0.25) is 21.8 Å². The van der Waals surface area contributed by atoms with Crippen LogP contribution < -0.4 is 14.4 Å². The van der Waals surface area contributed by atoms with Gasteiger partial charge in [0, 0.05) is 17.1 Å². The maximum atomic E-state index is 13.5. The van der Waals surface area contributed by atoms with Gasteiger partial charge in [-0.3, -0.25) is 13.9 Å². The molecular formula is C23H29BrClN3O5S. The monoisotopic (exact) mass is 573 g/mol. The van der Waals surface area contributed by atoms with E-state index in [1.165, 1.54) is 30.2 Å². The van der Waals surface area contributed by atoms with Gasteiger partial charge in [-0.1, -0.05) is 39.7 Å². The third-order valence-electron chi connectivity index (χ3n) is 4.94. The maximum Gasteiger partial charge on any atom is 0.244 e. The van der Waals surface area contributed by atoms with Crippen LogP contribution in [0.4, 0.5) is 5.69 Å². The molecule has 0 bridgehead atoms. The van der Waals surface area contributed by atoms with Crippen LogP contribution in [-0.2, 0) is 26.2 Å². The third kappa shape index (κ3) is 7.61. The van der Waals surface area contributed by atoms with Crippen molar-refractivity contribution in [3.8, 4) is 5.75 Å². The van der Waals surface area contributed by atoms with Crippen molar-refractivity contribution in [3.63, 3.8) is 0 Å². The minimum absolute atomic E-state index is 0.117. The number of nitrogens with zero attached hydrogens (tertiary/aromatic N) is 2. The van der Waals surface area contributed by atoms with E-state index in [1.807, 2.05) is 38.1 Å². The van der Waals surface area contributed by atoms with Gasteiger partial charge >= 0.3 is 0 Å². The van der Waals surface area contributed by atoms with Crippen LogP contribution in [0.3, 0.4) is 0 Å². The second-order valence-electron chi connectivity index (χ2n) is 8.08. The summed E-state index contributed by atoms with van der Waals surface area (Å²) in [6, 6.07) is 10.8. The maximum absolute atomic E-state index is 13.5. The summed E-state index contributed by atoms with van der Waals surface area (Å²) in [5, 5.41) is 3.01. The van der Waals surface area contributed by atoms with Gasteiger partial charge in [-0.2, -0.15) is 0 Å². The molecule has 11 heteroatoms. The molecule has 0 saturated heterocycles. The van der Waals surface area contributed by atoms with Crippen molar-refractivity contribution in [1.82, 2.24) is 10.2 Å². The summed E-state index contributed by atoms with van der Waals surface area (Å²) in [5.41, 5.74) is 0.994. The van der Waals surface area contributed by atoms with Gasteiger partial charge in [-0.05, 0) is 56.7 Å². The highest BCUT2D eigenvalue weighted by atomic mass is 79.9. The molecule has 34 heavy (non-hydrogen) atoms. The zero-order valence-electron chi connectivity index (χ0n) is 19.7. The molecule has 0 spiro atoms. The molecule has 0 unspecified atom stereocenters. The first-order chi connectivity index (χ1) is 15.8. The number of hydrogen-bond donors (Lipinski definition) is 1. The Bertz CT molecular complexity index is 1140. The molecule has 1 N–H and O–H groups in total. The fourth-order valence-corrected chi connectivity index (χ4v) is 4.78. The second kappa shape index (κ2) is 11.9. The van der Waals surface area contributed by atoms with Crippen molar-refractivity contribution in [2.24, 2.45) is 0 Å².